The minimum absolute atomic E-state index is 0.0891. The molecule has 0 radical (unpaired) electrons. The highest BCUT2D eigenvalue weighted by molar-refractivity contribution is 9.10. The van der Waals surface area contributed by atoms with Crippen LogP contribution in [0.3, 0.4) is 0 Å². The SMILES string of the molecule is Cc1cc(Br)cc2c1[C@@H](NC(C)(C)C)[C@H](c1ccccc1)CC2. The Morgan fingerprint density at radius 1 is 1.09 bits per heavy atom. The molecule has 122 valence electrons. The van der Waals surface area contributed by atoms with Crippen molar-refractivity contribution < 1.29 is 0 Å². The van der Waals surface area contributed by atoms with Gasteiger partial charge in [0.05, 0.1) is 0 Å². The molecule has 23 heavy (non-hydrogen) atoms. The van der Waals surface area contributed by atoms with E-state index in [0.717, 1.165) is 6.42 Å². The van der Waals surface area contributed by atoms with Gasteiger partial charge in [0, 0.05) is 22.0 Å². The fourth-order valence-corrected chi connectivity index (χ4v) is 4.47. The zero-order valence-corrected chi connectivity index (χ0v) is 16.1. The first-order valence-corrected chi connectivity index (χ1v) is 9.26. The van der Waals surface area contributed by atoms with Crippen LogP contribution in [0, 0.1) is 6.92 Å². The first kappa shape index (κ1) is 16.7. The first-order valence-electron chi connectivity index (χ1n) is 8.47. The lowest BCUT2D eigenvalue weighted by atomic mass is 9.74. The minimum atomic E-state index is 0.0891. The summed E-state index contributed by atoms with van der Waals surface area (Å²) >= 11 is 3.66. The zero-order valence-electron chi connectivity index (χ0n) is 14.5. The first-order chi connectivity index (χ1) is 10.8. The molecular formula is C21H26BrN. The molecule has 0 aliphatic heterocycles. The number of rotatable bonds is 2. The lowest BCUT2D eigenvalue weighted by molar-refractivity contribution is 0.306. The maximum atomic E-state index is 3.91. The van der Waals surface area contributed by atoms with Gasteiger partial charge < -0.3 is 5.32 Å². The Kier molecular flexibility index (Phi) is 4.66. The molecule has 1 aliphatic rings. The van der Waals surface area contributed by atoms with Crippen LogP contribution in [0.1, 0.15) is 61.4 Å². The van der Waals surface area contributed by atoms with Crippen LogP contribution in [0.15, 0.2) is 46.9 Å². The number of halogens is 1. The highest BCUT2D eigenvalue weighted by Crippen LogP contribution is 2.44. The van der Waals surface area contributed by atoms with Crippen molar-refractivity contribution in [1.29, 1.82) is 0 Å². The van der Waals surface area contributed by atoms with E-state index in [1.54, 1.807) is 0 Å². The summed E-state index contributed by atoms with van der Waals surface area (Å²) in [5.74, 6) is 0.530. The van der Waals surface area contributed by atoms with E-state index in [4.69, 9.17) is 0 Å². The Hall–Kier alpha value is -1.12. The summed E-state index contributed by atoms with van der Waals surface area (Å²) in [4.78, 5) is 0. The second kappa shape index (κ2) is 6.41. The molecule has 0 fully saturated rings. The predicted molar refractivity (Wildman–Crippen MR) is 102 cm³/mol. The van der Waals surface area contributed by atoms with Crippen molar-refractivity contribution in [2.45, 2.75) is 58.0 Å². The van der Waals surface area contributed by atoms with E-state index in [1.165, 1.54) is 33.1 Å². The number of hydrogen-bond acceptors (Lipinski definition) is 1. The average molecular weight is 372 g/mol. The Labute approximate surface area is 148 Å². The van der Waals surface area contributed by atoms with Crippen LogP contribution < -0.4 is 5.32 Å². The Morgan fingerprint density at radius 2 is 1.78 bits per heavy atom. The molecule has 1 N–H and O–H groups in total. The lowest BCUT2D eigenvalue weighted by Crippen LogP contribution is -2.43. The van der Waals surface area contributed by atoms with Gasteiger partial charge in [-0.3, -0.25) is 0 Å². The molecule has 0 bridgehead atoms. The van der Waals surface area contributed by atoms with Gasteiger partial charge in [0.15, 0.2) is 0 Å². The van der Waals surface area contributed by atoms with Crippen molar-refractivity contribution in [2.24, 2.45) is 0 Å². The van der Waals surface area contributed by atoms with Gasteiger partial charge in [-0.2, -0.15) is 0 Å². The second-order valence-corrected chi connectivity index (χ2v) is 8.64. The van der Waals surface area contributed by atoms with Gasteiger partial charge in [-0.05, 0) is 74.9 Å². The summed E-state index contributed by atoms with van der Waals surface area (Å²) in [7, 11) is 0. The summed E-state index contributed by atoms with van der Waals surface area (Å²) in [6.07, 6.45) is 2.35. The lowest BCUT2D eigenvalue weighted by Gasteiger charge is -2.40. The quantitative estimate of drug-likeness (QED) is 0.690. The highest BCUT2D eigenvalue weighted by Gasteiger charge is 2.34. The normalized spacial score (nSPS) is 21.1. The van der Waals surface area contributed by atoms with E-state index < -0.39 is 0 Å². The van der Waals surface area contributed by atoms with E-state index in [9.17, 15) is 0 Å². The van der Waals surface area contributed by atoms with Crippen LogP contribution in [0.2, 0.25) is 0 Å². The summed E-state index contributed by atoms with van der Waals surface area (Å²) in [6, 6.07) is 15.9. The van der Waals surface area contributed by atoms with E-state index in [1.807, 2.05) is 0 Å². The summed E-state index contributed by atoms with van der Waals surface area (Å²) in [6.45, 7) is 9.03. The number of hydrogen-bond donors (Lipinski definition) is 1. The molecule has 0 unspecified atom stereocenters. The molecule has 2 atom stereocenters. The third-order valence-electron chi connectivity index (χ3n) is 4.69. The molecule has 0 heterocycles. The predicted octanol–water partition coefficient (Wildman–Crippen LogP) is 5.92. The van der Waals surface area contributed by atoms with Gasteiger partial charge >= 0.3 is 0 Å². The van der Waals surface area contributed by atoms with E-state index in [0.29, 0.717) is 12.0 Å². The second-order valence-electron chi connectivity index (χ2n) is 7.72. The van der Waals surface area contributed by atoms with Crippen molar-refractivity contribution in [3.63, 3.8) is 0 Å². The summed E-state index contributed by atoms with van der Waals surface area (Å²) in [5, 5.41) is 3.91. The standard InChI is InChI=1S/C21H26BrN/c1-14-12-17(22)13-16-10-11-18(15-8-6-5-7-9-15)20(19(14)16)23-21(2,3)4/h5-9,12-13,18,20,23H,10-11H2,1-4H3/t18-,20-/m0/s1. The van der Waals surface area contributed by atoms with Crippen molar-refractivity contribution >= 4 is 15.9 Å². The Balaban J connectivity index is 2.09. The maximum absolute atomic E-state index is 3.91. The smallest absolute Gasteiger partial charge is 0.0399 e. The van der Waals surface area contributed by atoms with Crippen LogP contribution >= 0.6 is 15.9 Å². The summed E-state index contributed by atoms with van der Waals surface area (Å²) < 4.78 is 1.20. The molecule has 1 aliphatic carbocycles. The van der Waals surface area contributed by atoms with E-state index in [-0.39, 0.29) is 5.54 Å². The fraction of sp³-hybridized carbons (Fsp3) is 0.429. The van der Waals surface area contributed by atoms with Gasteiger partial charge in [-0.1, -0.05) is 46.3 Å². The van der Waals surface area contributed by atoms with E-state index >= 15 is 0 Å². The molecule has 3 rings (SSSR count). The Bertz CT molecular complexity index is 685. The number of fused-ring (bicyclic) bond motifs is 1. The minimum Gasteiger partial charge on any atom is -0.305 e. The van der Waals surface area contributed by atoms with Crippen molar-refractivity contribution in [3.8, 4) is 0 Å². The molecule has 0 saturated carbocycles. The number of benzene rings is 2. The molecule has 0 spiro atoms. The average Bonchev–Trinajstić information content (AvgIpc) is 2.46. The summed E-state index contributed by atoms with van der Waals surface area (Å²) in [5.41, 5.74) is 5.92. The number of aryl methyl sites for hydroxylation is 2. The van der Waals surface area contributed by atoms with E-state index in [2.05, 4.69) is 91.4 Å². The Morgan fingerprint density at radius 3 is 2.43 bits per heavy atom. The molecule has 2 aromatic carbocycles. The fourth-order valence-electron chi connectivity index (χ4n) is 3.85. The van der Waals surface area contributed by atoms with Crippen molar-refractivity contribution in [1.82, 2.24) is 5.32 Å². The molecule has 2 heteroatoms. The van der Waals surface area contributed by atoms with Gasteiger partial charge in [0.25, 0.3) is 0 Å². The van der Waals surface area contributed by atoms with Crippen molar-refractivity contribution in [3.05, 3.63) is 69.2 Å². The zero-order chi connectivity index (χ0) is 16.6. The van der Waals surface area contributed by atoms with Gasteiger partial charge in [-0.25, -0.2) is 0 Å². The van der Waals surface area contributed by atoms with Gasteiger partial charge in [-0.15, -0.1) is 0 Å². The monoisotopic (exact) mass is 371 g/mol. The van der Waals surface area contributed by atoms with Gasteiger partial charge in [0.1, 0.15) is 0 Å². The third-order valence-corrected chi connectivity index (χ3v) is 5.15. The van der Waals surface area contributed by atoms with Crippen LogP contribution in [-0.2, 0) is 6.42 Å². The molecule has 1 nitrogen and oxygen atoms in total. The molecule has 0 saturated heterocycles. The highest BCUT2D eigenvalue weighted by atomic mass is 79.9. The third kappa shape index (κ3) is 3.70. The molecular weight excluding hydrogens is 346 g/mol. The van der Waals surface area contributed by atoms with Crippen LogP contribution in [0.5, 0.6) is 0 Å². The van der Waals surface area contributed by atoms with Crippen LogP contribution in [0.25, 0.3) is 0 Å². The van der Waals surface area contributed by atoms with Crippen LogP contribution in [0.4, 0.5) is 0 Å². The largest absolute Gasteiger partial charge is 0.305 e. The van der Waals surface area contributed by atoms with Crippen LogP contribution in [-0.4, -0.2) is 5.54 Å². The molecule has 0 amide bonds. The molecule has 0 aromatic heterocycles. The van der Waals surface area contributed by atoms with Crippen molar-refractivity contribution in [2.75, 3.05) is 0 Å². The number of nitrogens with one attached hydrogen (secondary N) is 1. The molecule has 2 aromatic rings. The van der Waals surface area contributed by atoms with Gasteiger partial charge in [0.2, 0.25) is 0 Å². The maximum Gasteiger partial charge on any atom is 0.0399 e. The topological polar surface area (TPSA) is 12.0 Å².